The van der Waals surface area contributed by atoms with Crippen molar-refractivity contribution < 1.29 is 0 Å². The molecule has 0 nitrogen and oxygen atoms in total. The highest BCUT2D eigenvalue weighted by molar-refractivity contribution is 6.99. The van der Waals surface area contributed by atoms with Crippen molar-refractivity contribution in [3.63, 3.8) is 0 Å². The van der Waals surface area contributed by atoms with E-state index in [1.165, 1.54) is 77.6 Å². The number of hydrogen-bond donors (Lipinski definition) is 0. The summed E-state index contributed by atoms with van der Waals surface area (Å²) in [6.07, 6.45) is 12.0. The molecule has 2 atom stereocenters. The standard InChI is InChI=1S/C49H60Si2/c1-10-50(11-2)51(46-40-23-17-15-21-35(40)30-44(46)39-27-25-37(29-33(39)3)48(4,5)6)47-41-24-18-16-22-36(41)31-45(47)42-28-26-38(49(7,8)9)32-43(42)34-19-13-12-14-20-34/h15-18,21-32,34,46-47H,10-14,19-20H2,1-9H3. The molecule has 0 aromatic heterocycles. The molecule has 0 saturated heterocycles. The summed E-state index contributed by atoms with van der Waals surface area (Å²) in [5.74, 6) is 0.658. The van der Waals surface area contributed by atoms with Gasteiger partial charge in [0.05, 0.1) is 0 Å². The Morgan fingerprint density at radius 3 is 1.57 bits per heavy atom. The summed E-state index contributed by atoms with van der Waals surface area (Å²) in [7, 11) is -1.71. The largest absolute Gasteiger partial charge is 0.0652 e. The maximum absolute atomic E-state index is 2.65. The molecule has 3 aliphatic carbocycles. The second-order valence-corrected chi connectivity index (χ2v) is 26.3. The Labute approximate surface area is 312 Å². The molecule has 0 heterocycles. The Bertz CT molecular complexity index is 2030. The molecule has 2 heteroatoms. The Morgan fingerprint density at radius 1 is 0.569 bits per heavy atom. The minimum Gasteiger partial charge on any atom is -0.0652 e. The minimum atomic E-state index is -1.03. The van der Waals surface area contributed by atoms with Gasteiger partial charge in [-0.25, -0.2) is 0 Å². The lowest BCUT2D eigenvalue weighted by Gasteiger charge is -2.33. The predicted octanol–water partition coefficient (Wildman–Crippen LogP) is 13.8. The molecule has 0 amide bonds. The first kappa shape index (κ1) is 36.2. The smallest absolute Gasteiger partial charge is 0.0154 e. The van der Waals surface area contributed by atoms with Crippen LogP contribution in [0.5, 0.6) is 0 Å². The molecule has 0 spiro atoms. The van der Waals surface area contributed by atoms with Crippen LogP contribution in [0.3, 0.4) is 0 Å². The zero-order chi connectivity index (χ0) is 36.1. The molecule has 0 radical (unpaired) electrons. The molecule has 7 rings (SSSR count). The highest BCUT2D eigenvalue weighted by Gasteiger charge is 2.41. The molecule has 51 heavy (non-hydrogen) atoms. The fourth-order valence-electron chi connectivity index (χ4n) is 9.51. The summed E-state index contributed by atoms with van der Waals surface area (Å²) in [5, 5.41) is 0. The Kier molecular flexibility index (Phi) is 10.2. The Balaban J connectivity index is 1.47. The van der Waals surface area contributed by atoms with Crippen LogP contribution in [-0.4, -0.2) is 15.8 Å². The van der Waals surface area contributed by atoms with E-state index >= 15 is 0 Å². The SMILES string of the molecule is CC[Si](CC)=[Si](C1C(c2ccc(C(C)(C)C)cc2C)=Cc2ccccc21)C1C(c2ccc(C(C)(C)C)cc2C2CCCCC2)=Cc2ccccc21. The first-order chi connectivity index (χ1) is 24.4. The number of benzene rings is 4. The summed E-state index contributed by atoms with van der Waals surface area (Å²) in [6.45, 7) is 21.6. The minimum absolute atomic E-state index is 0.136. The van der Waals surface area contributed by atoms with Gasteiger partial charge in [0, 0.05) is 19.0 Å². The molecular weight excluding hydrogens is 645 g/mol. The molecule has 1 saturated carbocycles. The summed E-state index contributed by atoms with van der Waals surface area (Å²) >= 11 is 0. The van der Waals surface area contributed by atoms with Gasteiger partial charge in [0.2, 0.25) is 0 Å². The lowest BCUT2D eigenvalue weighted by Crippen LogP contribution is -2.32. The highest BCUT2D eigenvalue weighted by atomic mass is 28.9. The molecule has 4 aromatic rings. The van der Waals surface area contributed by atoms with Gasteiger partial charge in [-0.3, -0.25) is 0 Å². The number of allylic oxidation sites excluding steroid dienone is 2. The van der Waals surface area contributed by atoms with E-state index in [0.717, 1.165) is 0 Å². The van der Waals surface area contributed by atoms with E-state index in [-0.39, 0.29) is 10.8 Å². The van der Waals surface area contributed by atoms with E-state index in [1.807, 2.05) is 0 Å². The lowest BCUT2D eigenvalue weighted by molar-refractivity contribution is 0.442. The number of aryl methyl sites for hydroxylation is 1. The van der Waals surface area contributed by atoms with Gasteiger partial charge in [-0.2, -0.15) is 0 Å². The summed E-state index contributed by atoms with van der Waals surface area (Å²) in [5.41, 5.74) is 19.5. The van der Waals surface area contributed by atoms with Crippen molar-refractivity contribution in [3.8, 4) is 0 Å². The monoisotopic (exact) mass is 704 g/mol. The number of fused-ring (bicyclic) bond motifs is 2. The molecule has 0 N–H and O–H groups in total. The van der Waals surface area contributed by atoms with Crippen molar-refractivity contribution in [2.24, 2.45) is 0 Å². The molecule has 0 aliphatic heterocycles. The average Bonchev–Trinajstić information content (AvgIpc) is 3.69. The van der Waals surface area contributed by atoms with Gasteiger partial charge in [0.15, 0.2) is 0 Å². The van der Waals surface area contributed by atoms with Gasteiger partial charge >= 0.3 is 0 Å². The van der Waals surface area contributed by atoms with Crippen LogP contribution >= 0.6 is 0 Å². The van der Waals surface area contributed by atoms with Crippen LogP contribution in [0, 0.1) is 6.92 Å². The van der Waals surface area contributed by atoms with Crippen molar-refractivity contribution in [1.29, 1.82) is 0 Å². The quantitative estimate of drug-likeness (QED) is 0.168. The fourth-order valence-corrected chi connectivity index (χ4v) is 21.1. The van der Waals surface area contributed by atoms with Crippen molar-refractivity contribution in [1.82, 2.24) is 0 Å². The van der Waals surface area contributed by atoms with Gasteiger partial charge in [-0.1, -0.05) is 184 Å². The van der Waals surface area contributed by atoms with Gasteiger partial charge in [0.1, 0.15) is 0 Å². The van der Waals surface area contributed by atoms with E-state index in [9.17, 15) is 0 Å². The maximum Gasteiger partial charge on any atom is 0.0154 e. The summed E-state index contributed by atoms with van der Waals surface area (Å²) < 4.78 is 0. The molecular formula is C49H60Si2. The predicted molar refractivity (Wildman–Crippen MR) is 227 cm³/mol. The fraction of sp³-hybridized carbons (Fsp3) is 0.429. The van der Waals surface area contributed by atoms with Crippen LogP contribution in [0.25, 0.3) is 23.3 Å². The zero-order valence-electron chi connectivity index (χ0n) is 32.9. The van der Waals surface area contributed by atoms with Crippen LogP contribution in [0.15, 0.2) is 84.9 Å². The lowest BCUT2D eigenvalue weighted by atomic mass is 9.77. The number of hydrogen-bond acceptors (Lipinski definition) is 0. The summed E-state index contributed by atoms with van der Waals surface area (Å²) in [4.78, 5) is 0. The van der Waals surface area contributed by atoms with Crippen molar-refractivity contribution >= 4 is 39.1 Å². The summed E-state index contributed by atoms with van der Waals surface area (Å²) in [6, 6.07) is 36.7. The molecule has 1 fully saturated rings. The second kappa shape index (κ2) is 14.3. The number of rotatable bonds is 7. The van der Waals surface area contributed by atoms with Crippen LogP contribution in [0.1, 0.15) is 160 Å². The Morgan fingerprint density at radius 2 is 1.06 bits per heavy atom. The highest BCUT2D eigenvalue weighted by Crippen LogP contribution is 2.52. The van der Waals surface area contributed by atoms with Crippen molar-refractivity contribution in [3.05, 3.63) is 141 Å². The van der Waals surface area contributed by atoms with Gasteiger partial charge in [-0.15, -0.1) is 0 Å². The maximum atomic E-state index is 2.65. The zero-order valence-corrected chi connectivity index (χ0v) is 34.9. The first-order valence-electron chi connectivity index (χ1n) is 20.0. The van der Waals surface area contributed by atoms with Crippen LogP contribution in [0.2, 0.25) is 12.1 Å². The normalized spacial score (nSPS) is 19.0. The Hall–Kier alpha value is -3.21. The molecule has 4 aromatic carbocycles. The van der Waals surface area contributed by atoms with Gasteiger partial charge < -0.3 is 0 Å². The van der Waals surface area contributed by atoms with Crippen LogP contribution < -0.4 is 0 Å². The molecule has 0 bridgehead atoms. The topological polar surface area (TPSA) is 0 Å². The van der Waals surface area contributed by atoms with E-state index < -0.39 is 15.8 Å². The van der Waals surface area contributed by atoms with Crippen LogP contribution in [-0.2, 0) is 10.8 Å². The van der Waals surface area contributed by atoms with Crippen molar-refractivity contribution in [2.75, 3.05) is 0 Å². The molecule has 264 valence electrons. The van der Waals surface area contributed by atoms with Crippen LogP contribution in [0.4, 0.5) is 0 Å². The van der Waals surface area contributed by atoms with Gasteiger partial charge in [-0.05, 0) is 111 Å². The molecule has 3 aliphatic rings. The van der Waals surface area contributed by atoms with Crippen molar-refractivity contribution in [2.45, 2.75) is 134 Å². The third-order valence-electron chi connectivity index (χ3n) is 12.4. The van der Waals surface area contributed by atoms with Gasteiger partial charge in [0.25, 0.3) is 0 Å². The first-order valence-corrected chi connectivity index (χ1v) is 24.6. The average molecular weight is 705 g/mol. The van der Waals surface area contributed by atoms with E-state index in [0.29, 0.717) is 17.0 Å². The third-order valence-corrected chi connectivity index (χ3v) is 23.7. The van der Waals surface area contributed by atoms with E-state index in [4.69, 9.17) is 0 Å². The van der Waals surface area contributed by atoms with E-state index in [1.54, 1.807) is 33.4 Å². The van der Waals surface area contributed by atoms with E-state index in [2.05, 4.69) is 159 Å². The third kappa shape index (κ3) is 6.88. The second-order valence-electron chi connectivity index (χ2n) is 17.8. The molecule has 2 unspecified atom stereocenters.